The van der Waals surface area contributed by atoms with E-state index in [9.17, 15) is 4.79 Å². The highest BCUT2D eigenvalue weighted by molar-refractivity contribution is 9.10. The number of carbonyl (C=O) groups excluding carboxylic acids is 1. The predicted molar refractivity (Wildman–Crippen MR) is 90.4 cm³/mol. The van der Waals surface area contributed by atoms with Gasteiger partial charge in [-0.3, -0.25) is 4.79 Å². The third-order valence-electron chi connectivity index (χ3n) is 3.51. The van der Waals surface area contributed by atoms with Crippen LogP contribution in [0.3, 0.4) is 0 Å². The van der Waals surface area contributed by atoms with Gasteiger partial charge in [0.2, 0.25) is 0 Å². The van der Waals surface area contributed by atoms with Crippen LogP contribution in [0.2, 0.25) is 0 Å². The van der Waals surface area contributed by atoms with Gasteiger partial charge in [-0.2, -0.15) is 0 Å². The average molecular weight is 347 g/mol. The molecule has 0 atom stereocenters. The SMILES string of the molecule is CC(C)(CNC(=O)c1cc(Br)ccc1N)c1ccccc1. The maximum Gasteiger partial charge on any atom is 0.253 e. The zero-order valence-corrected chi connectivity index (χ0v) is 13.8. The third kappa shape index (κ3) is 3.85. The highest BCUT2D eigenvalue weighted by Crippen LogP contribution is 2.23. The van der Waals surface area contributed by atoms with Gasteiger partial charge in [0.05, 0.1) is 5.56 Å². The molecule has 0 aliphatic carbocycles. The average Bonchev–Trinajstić information content (AvgIpc) is 2.48. The molecule has 0 radical (unpaired) electrons. The molecule has 110 valence electrons. The van der Waals surface area contributed by atoms with Crippen molar-refractivity contribution in [3.05, 3.63) is 64.1 Å². The number of carbonyl (C=O) groups is 1. The predicted octanol–water partition coefficient (Wildman–Crippen LogP) is 3.74. The van der Waals surface area contributed by atoms with E-state index in [1.54, 1.807) is 12.1 Å². The summed E-state index contributed by atoms with van der Waals surface area (Å²) in [7, 11) is 0. The Kier molecular flexibility index (Phi) is 4.68. The lowest BCUT2D eigenvalue weighted by molar-refractivity contribution is 0.0946. The number of nitrogen functional groups attached to an aromatic ring is 1. The molecule has 0 bridgehead atoms. The summed E-state index contributed by atoms with van der Waals surface area (Å²) < 4.78 is 0.837. The van der Waals surface area contributed by atoms with Gasteiger partial charge < -0.3 is 11.1 Å². The van der Waals surface area contributed by atoms with Crippen LogP contribution in [0, 0.1) is 0 Å². The van der Waals surface area contributed by atoms with Crippen LogP contribution < -0.4 is 11.1 Å². The molecule has 0 saturated heterocycles. The molecule has 3 N–H and O–H groups in total. The summed E-state index contributed by atoms with van der Waals surface area (Å²) in [6.07, 6.45) is 0. The lowest BCUT2D eigenvalue weighted by atomic mass is 9.84. The van der Waals surface area contributed by atoms with Crippen LogP contribution in [0.4, 0.5) is 5.69 Å². The second-order valence-corrected chi connectivity index (χ2v) is 6.58. The van der Waals surface area contributed by atoms with E-state index in [1.165, 1.54) is 5.56 Å². The van der Waals surface area contributed by atoms with Gasteiger partial charge in [0.1, 0.15) is 0 Å². The quantitative estimate of drug-likeness (QED) is 0.828. The number of halogens is 1. The van der Waals surface area contributed by atoms with Crippen LogP contribution in [0.15, 0.2) is 53.0 Å². The normalized spacial score (nSPS) is 11.2. The summed E-state index contributed by atoms with van der Waals surface area (Å²) in [5.41, 5.74) is 7.88. The molecule has 0 saturated carbocycles. The van der Waals surface area contributed by atoms with Crippen LogP contribution in [0.1, 0.15) is 29.8 Å². The van der Waals surface area contributed by atoms with Crippen LogP contribution in [0.5, 0.6) is 0 Å². The molecule has 0 spiro atoms. The highest BCUT2D eigenvalue weighted by atomic mass is 79.9. The van der Waals surface area contributed by atoms with Crippen molar-refractivity contribution in [1.82, 2.24) is 5.32 Å². The first-order valence-corrected chi connectivity index (χ1v) is 7.58. The molecule has 2 aromatic rings. The van der Waals surface area contributed by atoms with Crippen molar-refractivity contribution in [1.29, 1.82) is 0 Å². The number of hydrogen-bond acceptors (Lipinski definition) is 2. The zero-order chi connectivity index (χ0) is 15.5. The van der Waals surface area contributed by atoms with E-state index in [4.69, 9.17) is 5.73 Å². The molecule has 0 fully saturated rings. The second kappa shape index (κ2) is 6.31. The van der Waals surface area contributed by atoms with Crippen molar-refractivity contribution in [3.63, 3.8) is 0 Å². The molecule has 2 rings (SSSR count). The number of benzene rings is 2. The molecular weight excluding hydrogens is 328 g/mol. The van der Waals surface area contributed by atoms with Gasteiger partial charge in [-0.25, -0.2) is 0 Å². The minimum atomic E-state index is -0.155. The van der Waals surface area contributed by atoms with Crippen LogP contribution >= 0.6 is 15.9 Å². The fraction of sp³-hybridized carbons (Fsp3) is 0.235. The van der Waals surface area contributed by atoms with Crippen LogP contribution in [0.25, 0.3) is 0 Å². The van der Waals surface area contributed by atoms with Crippen molar-refractivity contribution < 1.29 is 4.79 Å². The van der Waals surface area contributed by atoms with E-state index in [1.807, 2.05) is 24.3 Å². The Labute approximate surface area is 133 Å². The first kappa shape index (κ1) is 15.6. The molecule has 2 aromatic carbocycles. The number of nitrogens with two attached hydrogens (primary N) is 1. The summed E-state index contributed by atoms with van der Waals surface area (Å²) in [6, 6.07) is 15.4. The van der Waals surface area contributed by atoms with E-state index >= 15 is 0 Å². The fourth-order valence-electron chi connectivity index (χ4n) is 2.11. The van der Waals surface area contributed by atoms with Crippen molar-refractivity contribution in [3.8, 4) is 0 Å². The van der Waals surface area contributed by atoms with Gasteiger partial charge in [-0.1, -0.05) is 60.1 Å². The summed E-state index contributed by atoms with van der Waals surface area (Å²) in [4.78, 5) is 12.3. The first-order valence-electron chi connectivity index (χ1n) is 6.79. The van der Waals surface area contributed by atoms with Gasteiger partial charge >= 0.3 is 0 Å². The Hall–Kier alpha value is -1.81. The largest absolute Gasteiger partial charge is 0.398 e. The van der Waals surface area contributed by atoms with E-state index in [0.29, 0.717) is 17.8 Å². The summed E-state index contributed by atoms with van der Waals surface area (Å²) in [5, 5.41) is 2.97. The maximum absolute atomic E-state index is 12.3. The Bertz CT molecular complexity index is 638. The van der Waals surface area contributed by atoms with Gasteiger partial charge in [0.15, 0.2) is 0 Å². The molecule has 4 heteroatoms. The monoisotopic (exact) mass is 346 g/mol. The summed E-state index contributed by atoms with van der Waals surface area (Å²) in [6.45, 7) is 4.75. The number of hydrogen-bond donors (Lipinski definition) is 2. The molecule has 21 heavy (non-hydrogen) atoms. The second-order valence-electron chi connectivity index (χ2n) is 5.66. The lowest BCUT2D eigenvalue weighted by Crippen LogP contribution is -2.36. The number of rotatable bonds is 4. The smallest absolute Gasteiger partial charge is 0.253 e. The molecule has 3 nitrogen and oxygen atoms in total. The van der Waals surface area contributed by atoms with Gasteiger partial charge in [-0.05, 0) is 23.8 Å². The van der Waals surface area contributed by atoms with Crippen LogP contribution in [-0.4, -0.2) is 12.5 Å². The lowest BCUT2D eigenvalue weighted by Gasteiger charge is -2.25. The molecule has 0 aromatic heterocycles. The standard InChI is InChI=1S/C17H19BrN2O/c1-17(2,12-6-4-3-5-7-12)11-20-16(21)14-10-13(18)8-9-15(14)19/h3-10H,11,19H2,1-2H3,(H,20,21). The number of amides is 1. The van der Waals surface area contributed by atoms with Crippen molar-refractivity contribution in [2.45, 2.75) is 19.3 Å². The van der Waals surface area contributed by atoms with Crippen LogP contribution in [-0.2, 0) is 5.41 Å². The minimum Gasteiger partial charge on any atom is -0.398 e. The minimum absolute atomic E-state index is 0.141. The summed E-state index contributed by atoms with van der Waals surface area (Å²) in [5.74, 6) is -0.155. The highest BCUT2D eigenvalue weighted by Gasteiger charge is 2.22. The molecular formula is C17H19BrN2O. The van der Waals surface area contributed by atoms with Crippen molar-refractivity contribution in [2.75, 3.05) is 12.3 Å². The van der Waals surface area contributed by atoms with Gasteiger partial charge in [0, 0.05) is 22.1 Å². The van der Waals surface area contributed by atoms with Crippen molar-refractivity contribution >= 4 is 27.5 Å². The molecule has 0 aliphatic heterocycles. The molecule has 0 heterocycles. The van der Waals surface area contributed by atoms with E-state index < -0.39 is 0 Å². The van der Waals surface area contributed by atoms with E-state index in [2.05, 4.69) is 47.2 Å². The van der Waals surface area contributed by atoms with Crippen molar-refractivity contribution in [2.24, 2.45) is 0 Å². The number of anilines is 1. The van der Waals surface area contributed by atoms with E-state index in [-0.39, 0.29) is 11.3 Å². The Morgan fingerprint density at radius 1 is 1.19 bits per heavy atom. The Morgan fingerprint density at radius 3 is 2.52 bits per heavy atom. The topological polar surface area (TPSA) is 55.1 Å². The summed E-state index contributed by atoms with van der Waals surface area (Å²) >= 11 is 3.36. The fourth-order valence-corrected chi connectivity index (χ4v) is 2.47. The number of nitrogens with one attached hydrogen (secondary N) is 1. The Balaban J connectivity index is 2.09. The molecule has 1 amide bonds. The third-order valence-corrected chi connectivity index (χ3v) is 4.00. The van der Waals surface area contributed by atoms with Gasteiger partial charge in [0.25, 0.3) is 5.91 Å². The van der Waals surface area contributed by atoms with Gasteiger partial charge in [-0.15, -0.1) is 0 Å². The molecule has 0 aliphatic rings. The van der Waals surface area contributed by atoms with E-state index in [0.717, 1.165) is 4.47 Å². The first-order chi connectivity index (χ1) is 9.90. The maximum atomic E-state index is 12.3. The Morgan fingerprint density at radius 2 is 1.86 bits per heavy atom. The molecule has 0 unspecified atom stereocenters. The zero-order valence-electron chi connectivity index (χ0n) is 12.2.